The first-order valence-electron chi connectivity index (χ1n) is 18.8. The summed E-state index contributed by atoms with van der Waals surface area (Å²) in [5, 5.41) is 0. The zero-order valence-electron chi connectivity index (χ0n) is 29.9. The molecule has 9 aromatic rings. The zero-order valence-corrected chi connectivity index (χ0v) is 29.9. The Hall–Kier alpha value is -7.23. The molecule has 7 aromatic carbocycles. The molecule has 2 aliphatic carbocycles. The van der Waals surface area contributed by atoms with E-state index in [0.29, 0.717) is 5.82 Å². The number of hydrogen-bond donors (Lipinski definition) is 0. The molecule has 0 aliphatic heterocycles. The predicted molar refractivity (Wildman–Crippen MR) is 223 cm³/mol. The van der Waals surface area contributed by atoms with Gasteiger partial charge in [-0.15, -0.1) is 0 Å². The van der Waals surface area contributed by atoms with Crippen molar-refractivity contribution in [2.24, 2.45) is 0 Å². The second-order valence-electron chi connectivity index (χ2n) is 14.4. The largest absolute Gasteiger partial charge is 0.256 e. The Morgan fingerprint density at radius 3 is 1.33 bits per heavy atom. The zero-order chi connectivity index (χ0) is 36.3. The minimum Gasteiger partial charge on any atom is -0.256 e. The van der Waals surface area contributed by atoms with Crippen molar-refractivity contribution in [1.82, 2.24) is 15.0 Å². The fourth-order valence-electron chi connectivity index (χ4n) is 8.89. The number of hydrogen-bond acceptors (Lipinski definition) is 3. The van der Waals surface area contributed by atoms with Crippen LogP contribution < -0.4 is 0 Å². The third-order valence-electron chi connectivity index (χ3n) is 11.4. The normalized spacial score (nSPS) is 12.9. The van der Waals surface area contributed by atoms with Gasteiger partial charge >= 0.3 is 0 Å². The Bertz CT molecular complexity index is 2830. The summed E-state index contributed by atoms with van der Waals surface area (Å²) in [6.07, 6.45) is 1.91. The molecule has 3 nitrogen and oxygen atoms in total. The lowest BCUT2D eigenvalue weighted by atomic mass is 9.70. The van der Waals surface area contributed by atoms with Crippen molar-refractivity contribution in [3.63, 3.8) is 0 Å². The van der Waals surface area contributed by atoms with Crippen molar-refractivity contribution < 1.29 is 0 Å². The van der Waals surface area contributed by atoms with Crippen molar-refractivity contribution in [3.8, 4) is 78.5 Å². The standard InChI is InChI=1S/C52H33N3/c1-3-13-35(14-4-1)48-30-28-39(33-53-48)50-32-49(54-51(55-50)37-15-5-2-6-16-37)36-25-23-34(24-26-36)38-27-29-43-42-19-9-12-22-46(42)52(47(43)31-38)44-20-10-7-17-40(44)41-18-8-11-21-45(41)52/h1-33H. The predicted octanol–water partition coefficient (Wildman–Crippen LogP) is 12.6. The molecule has 2 aromatic heterocycles. The smallest absolute Gasteiger partial charge is 0.160 e. The third-order valence-corrected chi connectivity index (χ3v) is 11.4. The van der Waals surface area contributed by atoms with Gasteiger partial charge in [-0.1, -0.05) is 170 Å². The number of rotatable bonds is 5. The van der Waals surface area contributed by atoms with E-state index < -0.39 is 0 Å². The van der Waals surface area contributed by atoms with Crippen LogP contribution >= 0.6 is 0 Å². The molecule has 0 atom stereocenters. The number of pyridine rings is 1. The van der Waals surface area contributed by atoms with Gasteiger partial charge in [-0.25, -0.2) is 9.97 Å². The molecule has 2 aliphatic rings. The summed E-state index contributed by atoms with van der Waals surface area (Å²) in [5.74, 6) is 0.685. The van der Waals surface area contributed by atoms with Gasteiger partial charge in [0.25, 0.3) is 0 Å². The Balaban J connectivity index is 1.00. The summed E-state index contributed by atoms with van der Waals surface area (Å²) >= 11 is 0. The van der Waals surface area contributed by atoms with Crippen molar-refractivity contribution in [2.75, 3.05) is 0 Å². The SMILES string of the molecule is c1ccc(-c2ccc(-c3cc(-c4ccc(-c5ccc6c(c5)C5(c7ccccc7-c7ccccc75)c5ccccc5-6)cc4)nc(-c4ccccc4)n3)cn2)cc1. The molecule has 1 spiro atoms. The van der Waals surface area contributed by atoms with Crippen LogP contribution in [0.2, 0.25) is 0 Å². The summed E-state index contributed by atoms with van der Waals surface area (Å²) in [4.78, 5) is 14.9. The average Bonchev–Trinajstić information content (AvgIpc) is 3.74. The molecule has 11 rings (SSSR count). The molecular formula is C52H33N3. The molecular weight excluding hydrogens is 667 g/mol. The van der Waals surface area contributed by atoms with Gasteiger partial charge in [0.1, 0.15) is 0 Å². The maximum atomic E-state index is 5.10. The van der Waals surface area contributed by atoms with Gasteiger partial charge in [0.05, 0.1) is 22.5 Å². The van der Waals surface area contributed by atoms with E-state index in [2.05, 4.69) is 158 Å². The Morgan fingerprint density at radius 1 is 0.291 bits per heavy atom. The minimum atomic E-state index is -0.367. The van der Waals surface area contributed by atoms with E-state index >= 15 is 0 Å². The fourth-order valence-corrected chi connectivity index (χ4v) is 8.89. The van der Waals surface area contributed by atoms with Gasteiger partial charge in [0.15, 0.2) is 5.82 Å². The number of benzene rings is 7. The van der Waals surface area contributed by atoms with Crippen LogP contribution in [0, 0.1) is 0 Å². The second kappa shape index (κ2) is 12.4. The summed E-state index contributed by atoms with van der Waals surface area (Å²) in [6, 6.07) is 69.4. The van der Waals surface area contributed by atoms with Crippen molar-refractivity contribution in [2.45, 2.75) is 5.41 Å². The van der Waals surface area contributed by atoms with Crippen LogP contribution in [0.1, 0.15) is 22.3 Å². The third kappa shape index (κ3) is 4.87. The minimum absolute atomic E-state index is 0.367. The van der Waals surface area contributed by atoms with E-state index in [1.807, 2.05) is 42.6 Å². The molecule has 55 heavy (non-hydrogen) atoms. The Kier molecular flexibility index (Phi) is 7.08. The topological polar surface area (TPSA) is 38.7 Å². The van der Waals surface area contributed by atoms with E-state index in [4.69, 9.17) is 15.0 Å². The van der Waals surface area contributed by atoms with Crippen LogP contribution in [-0.4, -0.2) is 15.0 Å². The van der Waals surface area contributed by atoms with Crippen LogP contribution in [0.15, 0.2) is 200 Å². The Labute approximate surface area is 320 Å². The van der Waals surface area contributed by atoms with Crippen LogP contribution in [0.3, 0.4) is 0 Å². The van der Waals surface area contributed by atoms with Crippen LogP contribution in [0.5, 0.6) is 0 Å². The summed E-state index contributed by atoms with van der Waals surface area (Å²) in [7, 11) is 0. The van der Waals surface area contributed by atoms with E-state index in [0.717, 1.165) is 44.9 Å². The Morgan fingerprint density at radius 2 is 0.745 bits per heavy atom. The first-order valence-corrected chi connectivity index (χ1v) is 18.8. The number of nitrogens with zero attached hydrogens (tertiary/aromatic N) is 3. The second-order valence-corrected chi connectivity index (χ2v) is 14.4. The van der Waals surface area contributed by atoms with Gasteiger partial charge in [-0.2, -0.15) is 0 Å². The molecule has 0 amide bonds. The van der Waals surface area contributed by atoms with Crippen LogP contribution in [0.25, 0.3) is 78.5 Å². The monoisotopic (exact) mass is 699 g/mol. The van der Waals surface area contributed by atoms with Crippen molar-refractivity contribution >= 4 is 0 Å². The first-order chi connectivity index (χ1) is 27.3. The molecule has 2 heterocycles. The highest BCUT2D eigenvalue weighted by atomic mass is 14.9. The van der Waals surface area contributed by atoms with Crippen LogP contribution in [-0.2, 0) is 5.41 Å². The van der Waals surface area contributed by atoms with Gasteiger partial charge < -0.3 is 0 Å². The maximum Gasteiger partial charge on any atom is 0.160 e. The number of fused-ring (bicyclic) bond motifs is 10. The summed E-state index contributed by atoms with van der Waals surface area (Å²) in [5.41, 5.74) is 19.3. The van der Waals surface area contributed by atoms with Gasteiger partial charge in [-0.05, 0) is 79.9 Å². The lowest BCUT2D eigenvalue weighted by Crippen LogP contribution is -2.25. The van der Waals surface area contributed by atoms with E-state index in [-0.39, 0.29) is 5.41 Å². The van der Waals surface area contributed by atoms with Gasteiger partial charge in [-0.3, -0.25) is 4.98 Å². The summed E-state index contributed by atoms with van der Waals surface area (Å²) < 4.78 is 0. The number of aromatic nitrogens is 3. The fraction of sp³-hybridized carbons (Fsp3) is 0.0192. The molecule has 0 saturated heterocycles. The van der Waals surface area contributed by atoms with E-state index in [1.54, 1.807) is 0 Å². The van der Waals surface area contributed by atoms with Crippen molar-refractivity contribution in [1.29, 1.82) is 0 Å². The molecule has 0 N–H and O–H groups in total. The summed E-state index contributed by atoms with van der Waals surface area (Å²) in [6.45, 7) is 0. The highest BCUT2D eigenvalue weighted by molar-refractivity contribution is 5.96. The molecule has 256 valence electrons. The van der Waals surface area contributed by atoms with Crippen LogP contribution in [0.4, 0.5) is 0 Å². The first kappa shape index (κ1) is 31.3. The quantitative estimate of drug-likeness (QED) is 0.179. The molecule has 0 fully saturated rings. The lowest BCUT2D eigenvalue weighted by Gasteiger charge is -2.30. The highest BCUT2D eigenvalue weighted by Gasteiger charge is 2.51. The van der Waals surface area contributed by atoms with Crippen molar-refractivity contribution in [3.05, 3.63) is 223 Å². The molecule has 0 saturated carbocycles. The van der Waals surface area contributed by atoms with Gasteiger partial charge in [0.2, 0.25) is 0 Å². The highest BCUT2D eigenvalue weighted by Crippen LogP contribution is 2.63. The maximum absolute atomic E-state index is 5.10. The molecule has 3 heteroatoms. The lowest BCUT2D eigenvalue weighted by molar-refractivity contribution is 0.794. The van der Waals surface area contributed by atoms with E-state index in [1.165, 1.54) is 50.1 Å². The van der Waals surface area contributed by atoms with E-state index in [9.17, 15) is 0 Å². The molecule has 0 bridgehead atoms. The molecule has 0 unspecified atom stereocenters. The molecule has 0 radical (unpaired) electrons. The average molecular weight is 700 g/mol. The van der Waals surface area contributed by atoms with Gasteiger partial charge in [0, 0.05) is 28.5 Å².